The van der Waals surface area contributed by atoms with Gasteiger partial charge >= 0.3 is 5.97 Å². The van der Waals surface area contributed by atoms with Crippen molar-refractivity contribution in [2.24, 2.45) is 0 Å². The van der Waals surface area contributed by atoms with Gasteiger partial charge in [-0.1, -0.05) is 339 Å². The first-order valence-electron chi connectivity index (χ1n) is 36.4. The zero-order valence-corrected chi connectivity index (χ0v) is 54.5. The Morgan fingerprint density at radius 1 is 0.346 bits per heavy atom. The lowest BCUT2D eigenvalue weighted by Gasteiger charge is -2.20. The summed E-state index contributed by atoms with van der Waals surface area (Å²) >= 11 is 0. The Balaban J connectivity index is 3.40. The van der Waals surface area contributed by atoms with Crippen LogP contribution in [0.1, 0.15) is 393 Å². The molecule has 0 aliphatic carbocycles. The van der Waals surface area contributed by atoms with E-state index < -0.39 is 12.1 Å². The highest BCUT2D eigenvalue weighted by Gasteiger charge is 2.18. The van der Waals surface area contributed by atoms with Gasteiger partial charge in [0.05, 0.1) is 25.4 Å². The van der Waals surface area contributed by atoms with E-state index in [1.54, 1.807) is 6.08 Å². The largest absolute Gasteiger partial charge is 0.466 e. The molecule has 476 valence electrons. The molecule has 0 aromatic rings. The van der Waals surface area contributed by atoms with E-state index in [0.717, 1.165) is 51.4 Å². The molecule has 1 amide bonds. The third kappa shape index (κ3) is 66.8. The van der Waals surface area contributed by atoms with Crippen LogP contribution < -0.4 is 5.32 Å². The summed E-state index contributed by atoms with van der Waals surface area (Å²) < 4.78 is 5.49. The Kier molecular flexibility index (Phi) is 68.4. The van der Waals surface area contributed by atoms with E-state index in [4.69, 9.17) is 4.74 Å². The first kappa shape index (κ1) is 78.8. The van der Waals surface area contributed by atoms with E-state index in [-0.39, 0.29) is 18.5 Å². The number of amides is 1. The molecule has 2 unspecified atom stereocenters. The standard InChI is InChI=1S/C75H141NO5/c1-3-5-7-9-11-13-15-17-19-20-33-36-40-43-47-51-55-59-63-67-73(78)72(71-77)76-74(79)68-64-60-56-52-48-44-41-37-34-31-29-27-25-23-21-22-24-26-28-30-32-35-38-42-46-50-54-58-62-66-70-81-75(80)69-65-61-57-53-49-45-39-18-16-14-12-10-8-6-4-2/h12,14,18,22,24,39,63,67,72-73,77-78H,3-11,13,15-17,19-21,23,25-38,40-62,64-66,68-71H2,1-2H3,(H,76,79)/b14-12-,24-22-,39-18-,67-63+. The highest BCUT2D eigenvalue weighted by atomic mass is 16.5. The highest BCUT2D eigenvalue weighted by Crippen LogP contribution is 2.18. The van der Waals surface area contributed by atoms with Gasteiger partial charge in [0.1, 0.15) is 0 Å². The Morgan fingerprint density at radius 3 is 0.975 bits per heavy atom. The van der Waals surface area contributed by atoms with Gasteiger partial charge in [0.25, 0.3) is 0 Å². The van der Waals surface area contributed by atoms with E-state index in [1.165, 1.54) is 315 Å². The lowest BCUT2D eigenvalue weighted by molar-refractivity contribution is -0.143. The summed E-state index contributed by atoms with van der Waals surface area (Å²) in [6.07, 6.45) is 92.0. The first-order valence-corrected chi connectivity index (χ1v) is 36.4. The highest BCUT2D eigenvalue weighted by molar-refractivity contribution is 5.76. The van der Waals surface area contributed by atoms with Crippen molar-refractivity contribution in [3.63, 3.8) is 0 Å². The van der Waals surface area contributed by atoms with E-state index >= 15 is 0 Å². The van der Waals surface area contributed by atoms with Crippen molar-refractivity contribution in [1.29, 1.82) is 0 Å². The van der Waals surface area contributed by atoms with Crippen molar-refractivity contribution in [3.05, 3.63) is 48.6 Å². The smallest absolute Gasteiger partial charge is 0.305 e. The van der Waals surface area contributed by atoms with Gasteiger partial charge < -0.3 is 20.3 Å². The van der Waals surface area contributed by atoms with Gasteiger partial charge in [-0.05, 0) is 89.9 Å². The molecule has 0 rings (SSSR count). The molecule has 3 N–H and O–H groups in total. The Bertz CT molecular complexity index is 1360. The predicted molar refractivity (Wildman–Crippen MR) is 356 cm³/mol. The minimum absolute atomic E-state index is 0.00293. The fourth-order valence-electron chi connectivity index (χ4n) is 11.3. The molecular formula is C75H141NO5. The average molecular weight is 1140 g/mol. The monoisotopic (exact) mass is 1140 g/mol. The third-order valence-corrected chi connectivity index (χ3v) is 16.8. The van der Waals surface area contributed by atoms with Crippen LogP contribution >= 0.6 is 0 Å². The maximum absolute atomic E-state index is 12.5. The molecule has 6 nitrogen and oxygen atoms in total. The number of carbonyl (C=O) groups excluding carboxylic acids is 2. The lowest BCUT2D eigenvalue weighted by atomic mass is 10.0. The molecule has 0 saturated heterocycles. The SMILES string of the molecule is CCCCC/C=C\C/C=C\CCCCCCCC(=O)OCCCCCCCCCCCCCC/C=C\CCCCCCCCCCCCCCCCC(=O)NC(CO)C(O)/C=C/CCCCCCCCCCCCCCCCCCC. The van der Waals surface area contributed by atoms with Crippen LogP contribution in [0.4, 0.5) is 0 Å². The van der Waals surface area contributed by atoms with Gasteiger partial charge in [-0.3, -0.25) is 9.59 Å². The Morgan fingerprint density at radius 2 is 0.617 bits per heavy atom. The van der Waals surface area contributed by atoms with Gasteiger partial charge in [-0.25, -0.2) is 0 Å². The number of aliphatic hydroxyl groups excluding tert-OH is 2. The second kappa shape index (κ2) is 70.3. The molecule has 0 aliphatic heterocycles. The lowest BCUT2D eigenvalue weighted by Crippen LogP contribution is -2.45. The van der Waals surface area contributed by atoms with Crippen molar-refractivity contribution in [3.8, 4) is 0 Å². The molecular weight excluding hydrogens is 995 g/mol. The molecule has 81 heavy (non-hydrogen) atoms. The number of ether oxygens (including phenoxy) is 1. The summed E-state index contributed by atoms with van der Waals surface area (Å²) in [5.74, 6) is -0.0606. The van der Waals surface area contributed by atoms with Gasteiger partial charge in [0, 0.05) is 12.8 Å². The summed E-state index contributed by atoms with van der Waals surface area (Å²) in [6, 6.07) is -0.628. The molecule has 6 heteroatoms. The number of carbonyl (C=O) groups is 2. The van der Waals surface area contributed by atoms with Crippen molar-refractivity contribution in [1.82, 2.24) is 5.32 Å². The number of esters is 1. The Labute approximate surface area is 506 Å². The van der Waals surface area contributed by atoms with Crippen molar-refractivity contribution in [2.45, 2.75) is 405 Å². The van der Waals surface area contributed by atoms with Crippen LogP contribution in [0.15, 0.2) is 48.6 Å². The summed E-state index contributed by atoms with van der Waals surface area (Å²) in [5.41, 5.74) is 0. The second-order valence-electron chi connectivity index (χ2n) is 24.9. The number of rotatable bonds is 68. The number of hydrogen-bond donors (Lipinski definition) is 3. The second-order valence-corrected chi connectivity index (χ2v) is 24.9. The molecule has 0 fully saturated rings. The minimum Gasteiger partial charge on any atom is -0.466 e. The molecule has 2 atom stereocenters. The summed E-state index contributed by atoms with van der Waals surface area (Å²) in [6.45, 7) is 4.90. The van der Waals surface area contributed by atoms with Gasteiger partial charge in [0.2, 0.25) is 5.91 Å². The zero-order valence-electron chi connectivity index (χ0n) is 54.5. The molecule has 0 heterocycles. The van der Waals surface area contributed by atoms with Crippen LogP contribution in [0.2, 0.25) is 0 Å². The fraction of sp³-hybridized carbons (Fsp3) is 0.867. The molecule has 0 aromatic heterocycles. The van der Waals surface area contributed by atoms with E-state index in [2.05, 4.69) is 55.6 Å². The quantitative estimate of drug-likeness (QED) is 0.0320. The molecule has 0 aliphatic rings. The molecule has 0 spiro atoms. The van der Waals surface area contributed by atoms with Gasteiger partial charge in [0.15, 0.2) is 0 Å². The van der Waals surface area contributed by atoms with Crippen LogP contribution in [0, 0.1) is 0 Å². The van der Waals surface area contributed by atoms with Crippen LogP contribution in [-0.2, 0) is 14.3 Å². The average Bonchev–Trinajstić information content (AvgIpc) is 3.47. The van der Waals surface area contributed by atoms with Crippen molar-refractivity contribution in [2.75, 3.05) is 13.2 Å². The molecule has 0 radical (unpaired) electrons. The van der Waals surface area contributed by atoms with Crippen molar-refractivity contribution < 1.29 is 24.5 Å². The minimum atomic E-state index is -0.845. The normalized spacial score (nSPS) is 12.8. The van der Waals surface area contributed by atoms with E-state index in [9.17, 15) is 19.8 Å². The number of nitrogens with one attached hydrogen (secondary N) is 1. The summed E-state index contributed by atoms with van der Waals surface area (Å²) in [7, 11) is 0. The van der Waals surface area contributed by atoms with Gasteiger partial charge in [-0.2, -0.15) is 0 Å². The maximum atomic E-state index is 12.5. The van der Waals surface area contributed by atoms with E-state index in [1.807, 2.05) is 6.08 Å². The van der Waals surface area contributed by atoms with Crippen LogP contribution in [0.3, 0.4) is 0 Å². The van der Waals surface area contributed by atoms with Crippen molar-refractivity contribution >= 4 is 11.9 Å². The number of allylic oxidation sites excluding steroid dienone is 7. The third-order valence-electron chi connectivity index (χ3n) is 16.8. The topological polar surface area (TPSA) is 95.9 Å². The van der Waals surface area contributed by atoms with E-state index in [0.29, 0.717) is 19.4 Å². The predicted octanol–water partition coefficient (Wildman–Crippen LogP) is 23.6. The van der Waals surface area contributed by atoms with Crippen LogP contribution in [0.5, 0.6) is 0 Å². The molecule has 0 bridgehead atoms. The first-order chi connectivity index (χ1) is 40.0. The van der Waals surface area contributed by atoms with Crippen LogP contribution in [0.25, 0.3) is 0 Å². The maximum Gasteiger partial charge on any atom is 0.305 e. The summed E-state index contributed by atoms with van der Waals surface area (Å²) in [4.78, 5) is 24.6. The Hall–Kier alpha value is -2.18. The number of aliphatic hydroxyl groups is 2. The molecule has 0 saturated carbocycles. The summed E-state index contributed by atoms with van der Waals surface area (Å²) in [5, 5.41) is 23.2. The zero-order chi connectivity index (χ0) is 58.5. The number of hydrogen-bond acceptors (Lipinski definition) is 5. The number of unbranched alkanes of at least 4 members (excludes halogenated alkanes) is 51. The van der Waals surface area contributed by atoms with Gasteiger partial charge in [-0.15, -0.1) is 0 Å². The van der Waals surface area contributed by atoms with Crippen LogP contribution in [-0.4, -0.2) is 47.4 Å². The molecule has 0 aromatic carbocycles. The fourth-order valence-corrected chi connectivity index (χ4v) is 11.3.